The average molecular weight is 313 g/mol. The van der Waals surface area contributed by atoms with Crippen LogP contribution in [0.4, 0.5) is 5.69 Å². The van der Waals surface area contributed by atoms with Crippen molar-refractivity contribution >= 4 is 22.9 Å². The number of carbonyl (C=O) groups excluding carboxylic acids is 1. The summed E-state index contributed by atoms with van der Waals surface area (Å²) in [6.07, 6.45) is 0. The van der Waals surface area contributed by atoms with E-state index in [4.69, 9.17) is 9.47 Å². The molecule has 1 aromatic carbocycles. The summed E-state index contributed by atoms with van der Waals surface area (Å²) in [5.74, 6) is 1.02. The van der Waals surface area contributed by atoms with Crippen molar-refractivity contribution in [1.82, 2.24) is 10.2 Å². The Labute approximate surface area is 129 Å². The van der Waals surface area contributed by atoms with Crippen LogP contribution in [-0.4, -0.2) is 22.9 Å². The highest BCUT2D eigenvalue weighted by Gasteiger charge is 2.16. The molecule has 0 atom stereocenters. The van der Waals surface area contributed by atoms with Crippen LogP contribution < -0.4 is 14.8 Å². The van der Waals surface area contributed by atoms with Crippen molar-refractivity contribution in [3.05, 3.63) is 47.5 Å². The smallest absolute Gasteiger partial charge is 0.276 e. The van der Waals surface area contributed by atoms with Gasteiger partial charge >= 0.3 is 0 Å². The molecule has 0 spiro atoms. The van der Waals surface area contributed by atoms with Crippen molar-refractivity contribution in [3.8, 4) is 22.1 Å². The molecule has 0 saturated carbocycles. The number of fused-ring (bicyclic) bond motifs is 1. The van der Waals surface area contributed by atoms with Crippen LogP contribution in [0, 0.1) is 0 Å². The molecule has 3 aromatic rings. The van der Waals surface area contributed by atoms with Crippen LogP contribution in [0.15, 0.2) is 41.8 Å². The molecule has 0 fully saturated rings. The van der Waals surface area contributed by atoms with E-state index in [1.54, 1.807) is 35.6 Å². The maximum absolute atomic E-state index is 12.2. The van der Waals surface area contributed by atoms with E-state index in [2.05, 4.69) is 15.5 Å². The van der Waals surface area contributed by atoms with Gasteiger partial charge in [0.25, 0.3) is 5.91 Å². The molecule has 3 heterocycles. The molecule has 7 heteroatoms. The maximum atomic E-state index is 12.2. The number of anilines is 1. The van der Waals surface area contributed by atoms with E-state index in [1.165, 1.54) is 0 Å². The Hall–Kier alpha value is -2.80. The largest absolute Gasteiger partial charge is 0.454 e. The van der Waals surface area contributed by atoms with Crippen molar-refractivity contribution in [2.24, 2.45) is 0 Å². The highest BCUT2D eigenvalue weighted by molar-refractivity contribution is 7.13. The standard InChI is InChI=1S/C15H11N3O3S/c19-15(11-7-10(17-18-11)14-2-1-5-22-14)16-9-3-4-12-13(6-9)21-8-20-12/h1-7H,8H2,(H,16,19)(H,17,18). The Bertz CT molecular complexity index is 826. The number of nitrogens with zero attached hydrogens (tertiary/aromatic N) is 1. The van der Waals surface area contributed by atoms with Gasteiger partial charge in [0.05, 0.1) is 10.6 Å². The van der Waals surface area contributed by atoms with E-state index in [0.29, 0.717) is 22.9 Å². The average Bonchev–Trinajstić information content (AvgIpc) is 3.26. The lowest BCUT2D eigenvalue weighted by atomic mass is 10.2. The van der Waals surface area contributed by atoms with E-state index >= 15 is 0 Å². The molecule has 1 amide bonds. The molecule has 0 aliphatic carbocycles. The third-order valence-corrected chi connectivity index (χ3v) is 4.13. The van der Waals surface area contributed by atoms with Crippen molar-refractivity contribution in [2.45, 2.75) is 0 Å². The number of H-pyrrole nitrogens is 1. The number of thiophene rings is 1. The number of ether oxygens (including phenoxy) is 2. The van der Waals surface area contributed by atoms with E-state index in [-0.39, 0.29) is 12.7 Å². The summed E-state index contributed by atoms with van der Waals surface area (Å²) in [4.78, 5) is 13.3. The summed E-state index contributed by atoms with van der Waals surface area (Å²) in [5.41, 5.74) is 1.79. The number of amides is 1. The van der Waals surface area contributed by atoms with E-state index in [1.807, 2.05) is 17.5 Å². The van der Waals surface area contributed by atoms with Crippen LogP contribution in [-0.2, 0) is 0 Å². The van der Waals surface area contributed by atoms with Gasteiger partial charge in [-0.25, -0.2) is 0 Å². The predicted octanol–water partition coefficient (Wildman–Crippen LogP) is 3.12. The lowest BCUT2D eigenvalue weighted by molar-refractivity contribution is 0.102. The van der Waals surface area contributed by atoms with Crippen molar-refractivity contribution in [2.75, 3.05) is 12.1 Å². The highest BCUT2D eigenvalue weighted by Crippen LogP contribution is 2.34. The zero-order valence-corrected chi connectivity index (χ0v) is 12.1. The normalized spacial score (nSPS) is 12.4. The molecular weight excluding hydrogens is 302 g/mol. The Kier molecular flexibility index (Phi) is 3.05. The number of rotatable bonds is 3. The van der Waals surface area contributed by atoms with Gasteiger partial charge in [0.15, 0.2) is 17.2 Å². The molecule has 0 bridgehead atoms. The van der Waals surface area contributed by atoms with Gasteiger partial charge in [0.2, 0.25) is 6.79 Å². The number of hydrogen-bond acceptors (Lipinski definition) is 5. The second-order valence-electron chi connectivity index (χ2n) is 4.67. The van der Waals surface area contributed by atoms with Gasteiger partial charge in [-0.1, -0.05) is 6.07 Å². The van der Waals surface area contributed by atoms with Gasteiger partial charge in [-0.05, 0) is 29.6 Å². The molecule has 6 nitrogen and oxygen atoms in total. The topological polar surface area (TPSA) is 76.2 Å². The summed E-state index contributed by atoms with van der Waals surface area (Å²) in [6.45, 7) is 0.205. The summed E-state index contributed by atoms with van der Waals surface area (Å²) in [6, 6.07) is 10.9. The minimum atomic E-state index is -0.280. The zero-order valence-electron chi connectivity index (χ0n) is 11.3. The fourth-order valence-corrected chi connectivity index (χ4v) is 2.86. The molecule has 0 saturated heterocycles. The van der Waals surface area contributed by atoms with Gasteiger partial charge in [-0.3, -0.25) is 9.89 Å². The molecule has 0 unspecified atom stereocenters. The highest BCUT2D eigenvalue weighted by atomic mass is 32.1. The number of benzene rings is 1. The molecule has 0 radical (unpaired) electrons. The SMILES string of the molecule is O=C(Nc1ccc2c(c1)OCO2)c1cc(-c2cccs2)[nH]n1. The fourth-order valence-electron chi connectivity index (χ4n) is 2.17. The minimum Gasteiger partial charge on any atom is -0.454 e. The predicted molar refractivity (Wildman–Crippen MR) is 82.4 cm³/mol. The van der Waals surface area contributed by atoms with Crippen LogP contribution >= 0.6 is 11.3 Å². The Morgan fingerprint density at radius 1 is 1.23 bits per heavy atom. The van der Waals surface area contributed by atoms with E-state index in [9.17, 15) is 4.79 Å². The van der Waals surface area contributed by atoms with Gasteiger partial charge in [0.1, 0.15) is 0 Å². The number of nitrogens with one attached hydrogen (secondary N) is 2. The Morgan fingerprint density at radius 2 is 2.14 bits per heavy atom. The first-order chi connectivity index (χ1) is 10.8. The maximum Gasteiger partial charge on any atom is 0.276 e. The molecular formula is C15H11N3O3S. The monoisotopic (exact) mass is 313 g/mol. The van der Waals surface area contributed by atoms with Gasteiger partial charge < -0.3 is 14.8 Å². The van der Waals surface area contributed by atoms with Crippen LogP contribution in [0.5, 0.6) is 11.5 Å². The second-order valence-corrected chi connectivity index (χ2v) is 5.61. The minimum absolute atomic E-state index is 0.205. The van der Waals surface area contributed by atoms with Gasteiger partial charge in [0, 0.05) is 11.8 Å². The number of aromatic amines is 1. The summed E-state index contributed by atoms with van der Waals surface area (Å²) >= 11 is 1.59. The van der Waals surface area contributed by atoms with Gasteiger partial charge in [-0.15, -0.1) is 11.3 Å². The number of carbonyl (C=O) groups is 1. The number of aromatic nitrogens is 2. The third kappa shape index (κ3) is 2.31. The zero-order chi connectivity index (χ0) is 14.9. The van der Waals surface area contributed by atoms with Crippen molar-refractivity contribution in [1.29, 1.82) is 0 Å². The first-order valence-corrected chi connectivity index (χ1v) is 7.48. The molecule has 1 aliphatic rings. The van der Waals surface area contributed by atoms with Crippen LogP contribution in [0.1, 0.15) is 10.5 Å². The lowest BCUT2D eigenvalue weighted by Gasteiger charge is -2.04. The van der Waals surface area contributed by atoms with E-state index in [0.717, 1.165) is 10.6 Å². The molecule has 2 aromatic heterocycles. The lowest BCUT2D eigenvalue weighted by Crippen LogP contribution is -2.12. The first kappa shape index (κ1) is 12.9. The van der Waals surface area contributed by atoms with Crippen LogP contribution in [0.2, 0.25) is 0 Å². The first-order valence-electron chi connectivity index (χ1n) is 6.60. The van der Waals surface area contributed by atoms with Crippen molar-refractivity contribution < 1.29 is 14.3 Å². The molecule has 1 aliphatic heterocycles. The summed E-state index contributed by atoms with van der Waals surface area (Å²) < 4.78 is 10.5. The summed E-state index contributed by atoms with van der Waals surface area (Å²) in [5, 5.41) is 11.7. The molecule has 22 heavy (non-hydrogen) atoms. The fraction of sp³-hybridized carbons (Fsp3) is 0.0667. The van der Waals surface area contributed by atoms with Crippen molar-refractivity contribution in [3.63, 3.8) is 0 Å². The number of hydrogen-bond donors (Lipinski definition) is 2. The van der Waals surface area contributed by atoms with Crippen LogP contribution in [0.3, 0.4) is 0 Å². The second kappa shape index (κ2) is 5.19. The summed E-state index contributed by atoms with van der Waals surface area (Å²) in [7, 11) is 0. The molecule has 110 valence electrons. The Balaban J connectivity index is 1.53. The van der Waals surface area contributed by atoms with E-state index < -0.39 is 0 Å². The quantitative estimate of drug-likeness (QED) is 0.779. The molecule has 2 N–H and O–H groups in total. The third-order valence-electron chi connectivity index (χ3n) is 3.23. The Morgan fingerprint density at radius 3 is 3.00 bits per heavy atom. The molecule has 4 rings (SSSR count). The van der Waals surface area contributed by atoms with Crippen LogP contribution in [0.25, 0.3) is 10.6 Å². The van der Waals surface area contributed by atoms with Gasteiger partial charge in [-0.2, -0.15) is 5.10 Å².